The zero-order valence-corrected chi connectivity index (χ0v) is 82.2. The number of rotatable bonds is 22. The van der Waals surface area contributed by atoms with E-state index in [4.69, 9.17) is 16.4 Å². The molecule has 11 N–H and O–H groups in total. The van der Waals surface area contributed by atoms with E-state index in [1.807, 2.05) is 69.6 Å². The number of β-amino-alcohol motifs (C(OH)–C–C–N with tert-alkyl or cyclic N) is 2. The molecule has 13 heterocycles. The van der Waals surface area contributed by atoms with Gasteiger partial charge in [0.15, 0.2) is 11.5 Å². The van der Waals surface area contributed by atoms with Gasteiger partial charge in [-0.2, -0.15) is 0 Å². The van der Waals surface area contributed by atoms with E-state index in [-0.39, 0.29) is 103 Å². The van der Waals surface area contributed by atoms with Gasteiger partial charge in [0, 0.05) is 184 Å². The summed E-state index contributed by atoms with van der Waals surface area (Å²) in [6, 6.07) is 24.7. The monoisotopic (exact) mass is 1920 g/mol. The number of nitrogens with one attached hydrogen (secondary N) is 6. The van der Waals surface area contributed by atoms with Crippen LogP contribution in [0.3, 0.4) is 0 Å². The number of benzene rings is 4. The average molecular weight is 1920 g/mol. The third-order valence-corrected chi connectivity index (χ3v) is 33.2. The Bertz CT molecular complexity index is 6050. The maximum Gasteiger partial charge on any atom is 0.318 e. The lowest BCUT2D eigenvalue weighted by Crippen LogP contribution is -2.61. The first-order valence-electron chi connectivity index (χ1n) is 51.2. The lowest BCUT2D eigenvalue weighted by Gasteiger charge is -2.56. The Morgan fingerprint density at radius 2 is 1.20 bits per heavy atom. The molecule has 32 nitrogen and oxygen atoms in total. The summed E-state index contributed by atoms with van der Waals surface area (Å²) in [5, 5.41) is 88.3. The molecule has 746 valence electrons. The molecule has 7 amide bonds. The lowest BCUT2D eigenvalue weighted by atomic mass is 9.56. The van der Waals surface area contributed by atoms with Crippen LogP contribution >= 0.6 is 0 Å². The molecule has 11 aliphatic rings. The van der Waals surface area contributed by atoms with Crippen LogP contribution in [0.15, 0.2) is 109 Å². The number of piperidine rings is 4. The van der Waals surface area contributed by atoms with Crippen molar-refractivity contribution in [2.24, 2.45) is 22.2 Å². The fourth-order valence-electron chi connectivity index (χ4n) is 24.8. The highest BCUT2D eigenvalue weighted by molar-refractivity contribution is 5.95. The Kier molecular flexibility index (Phi) is 28.6. The van der Waals surface area contributed by atoms with E-state index in [1.54, 1.807) is 68.1 Å². The number of aromatic nitrogens is 7. The first kappa shape index (κ1) is 97.9. The summed E-state index contributed by atoms with van der Waals surface area (Å²) >= 11 is 0. The number of phenols is 2. The van der Waals surface area contributed by atoms with Crippen molar-refractivity contribution in [2.75, 3.05) is 120 Å². The van der Waals surface area contributed by atoms with Gasteiger partial charge in [0.25, 0.3) is 0 Å². The topological polar surface area (TPSA) is 386 Å². The van der Waals surface area contributed by atoms with E-state index in [0.717, 1.165) is 176 Å². The van der Waals surface area contributed by atoms with Gasteiger partial charge in [0.05, 0.1) is 47.4 Å². The second kappa shape index (κ2) is 41.2. The maximum absolute atomic E-state index is 16.3. The number of anilines is 3. The molecule has 7 saturated heterocycles. The number of phenolic OH excluding ortho intramolecular Hbond substituents is 2. The van der Waals surface area contributed by atoms with Crippen LogP contribution in [0.25, 0.3) is 33.5 Å². The van der Waals surface area contributed by atoms with Crippen LogP contribution in [0.2, 0.25) is 0 Å². The van der Waals surface area contributed by atoms with E-state index >= 15 is 9.18 Å². The van der Waals surface area contributed by atoms with Crippen molar-refractivity contribution >= 4 is 64.1 Å². The van der Waals surface area contributed by atoms with E-state index in [9.17, 15) is 49.5 Å². The number of aromatic hydroxyl groups is 2. The van der Waals surface area contributed by atoms with Crippen LogP contribution in [0.1, 0.15) is 220 Å². The fraction of sp³-hybridized carbons (Fsp3) is 0.556. The number of hydrogen-bond acceptors (Lipinski definition) is 24. The number of H-pyrrole nitrogens is 1. The Hall–Kier alpha value is -12.0. The van der Waals surface area contributed by atoms with Gasteiger partial charge in [-0.1, -0.05) is 88.8 Å². The normalized spacial score (nSPS) is 24.9. The second-order valence-electron chi connectivity index (χ2n) is 43.5. The van der Waals surface area contributed by atoms with Crippen molar-refractivity contribution in [3.05, 3.63) is 160 Å². The number of carbonyl (C=O) groups excluding carboxylic acids is 6. The van der Waals surface area contributed by atoms with E-state index in [2.05, 4.69) is 112 Å². The van der Waals surface area contributed by atoms with Crippen molar-refractivity contribution in [3.8, 4) is 58.2 Å². The lowest BCUT2D eigenvalue weighted by molar-refractivity contribution is -0.145. The number of fused-ring (bicyclic) bond motifs is 6. The number of terminal acetylenes is 1. The number of para-hydroxylation sites is 2. The van der Waals surface area contributed by atoms with Crippen LogP contribution in [-0.4, -0.2) is 302 Å². The minimum atomic E-state index is -1.18. The molecule has 0 unspecified atom stereocenters. The van der Waals surface area contributed by atoms with Crippen LogP contribution in [0.5, 0.6) is 11.5 Å². The summed E-state index contributed by atoms with van der Waals surface area (Å²) in [5.74, 6) is 7.66. The molecule has 141 heavy (non-hydrogen) atoms. The van der Waals surface area contributed by atoms with Crippen molar-refractivity contribution < 1.29 is 58.7 Å². The predicted octanol–water partition coefficient (Wildman–Crippen LogP) is 9.89. The number of piperazine rings is 1. The van der Waals surface area contributed by atoms with Crippen LogP contribution < -0.4 is 36.4 Å². The fourth-order valence-corrected chi connectivity index (χ4v) is 24.8. The van der Waals surface area contributed by atoms with Gasteiger partial charge in [-0.05, 0) is 243 Å². The van der Waals surface area contributed by atoms with Crippen molar-refractivity contribution in [1.29, 1.82) is 0 Å². The molecular weight excluding hydrogens is 1790 g/mol. The highest BCUT2D eigenvalue weighted by atomic mass is 19.1. The molecule has 9 aliphatic heterocycles. The Balaban J connectivity index is 0.409. The number of hydrogen-bond donors (Lipinski definition) is 11. The van der Waals surface area contributed by atoms with Gasteiger partial charge < -0.3 is 96.3 Å². The van der Waals surface area contributed by atoms with Gasteiger partial charge in [0.1, 0.15) is 41.5 Å². The average Bonchev–Trinajstić information content (AvgIpc) is 1.53. The number of aliphatic hydroxyl groups is 3. The number of aromatic amines is 1. The van der Waals surface area contributed by atoms with E-state index in [1.165, 1.54) is 47.6 Å². The van der Waals surface area contributed by atoms with Gasteiger partial charge in [-0.3, -0.25) is 28.9 Å². The van der Waals surface area contributed by atoms with Gasteiger partial charge in [0.2, 0.25) is 35.5 Å². The molecule has 0 radical (unpaired) electrons. The molecular formula is C108H136FN21O11. The summed E-state index contributed by atoms with van der Waals surface area (Å²) in [7, 11) is 0. The molecule has 2 aliphatic carbocycles. The highest BCUT2D eigenvalue weighted by Gasteiger charge is 2.53. The molecule has 33 heteroatoms. The summed E-state index contributed by atoms with van der Waals surface area (Å²) in [5.41, 5.74) is 8.06. The Morgan fingerprint density at radius 1 is 0.603 bits per heavy atom. The standard InChI is InChI=1S/C108H136FN21O11/c1-9-67-20-23-81(65(2)114-101(138)91-53-80(133)64-130(91)103(140)96(107(7,8)37-49-131)117-105(141)125-44-32-75(33-45-125)122-38-26-69(27-39-122)73-59-112-104(113-60-73)127-46-34-86-94(66(127)3)84-54-87(118-120-97(84)115-86)82-14-10-12-16-92(82)134)71(50-67)21-18-68-19-22-72(85(109)51-68)58-111-100(137)90-52-79(132)63-129(90)102(139)95(106(4,5)6)116-99(136)70-24-35-108(36-25-70)56-77(57-108)124-42-28-74(29-43-124)123-40-30-76(31-41-123)126-47-48-128-78(62-126)61-110-98-89(128)55-88(119-121-98)83-15-11-13-17-93(83)135/h1,10-17,19-20,22-23,50-51,54-55,59-60,65-66,69-70,74-80,90-91,95-96,131-135H,24-49,52-53,56-58,61-64H2,2-8H3,(H,110,121)(H,111,137)(H,114,138)(H,115,120)(H,116,136)(H,117,141)/t65-,66+,70?,77?,78-,79+,80+,90-,91-,95+,96+,108?/m0/s1. The number of carbonyl (C=O) groups is 6. The van der Waals surface area contributed by atoms with Gasteiger partial charge in [-0.15, -0.1) is 26.8 Å². The Labute approximate surface area is 824 Å². The van der Waals surface area contributed by atoms with Crippen molar-refractivity contribution in [2.45, 2.75) is 255 Å². The van der Waals surface area contributed by atoms with Crippen LogP contribution in [-0.2, 0) is 36.9 Å². The van der Waals surface area contributed by atoms with Gasteiger partial charge in [-0.25, -0.2) is 19.2 Å². The largest absolute Gasteiger partial charge is 0.507 e. The quantitative estimate of drug-likeness (QED) is 0.0281. The Morgan fingerprint density at radius 3 is 1.83 bits per heavy atom. The second-order valence-corrected chi connectivity index (χ2v) is 43.5. The summed E-state index contributed by atoms with van der Waals surface area (Å²) in [6.45, 7) is 24.0. The molecule has 4 aromatic heterocycles. The summed E-state index contributed by atoms with van der Waals surface area (Å²) < 4.78 is 16.3. The maximum atomic E-state index is 16.3. The molecule has 2 saturated carbocycles. The number of aliphatic hydroxyl groups excluding tert-OH is 3. The van der Waals surface area contributed by atoms with Gasteiger partial charge >= 0.3 is 6.03 Å². The van der Waals surface area contributed by atoms with Crippen LogP contribution in [0, 0.1) is 52.2 Å². The molecule has 9 fully saturated rings. The van der Waals surface area contributed by atoms with Crippen molar-refractivity contribution in [1.82, 2.24) is 90.9 Å². The number of urea groups is 1. The van der Waals surface area contributed by atoms with Crippen molar-refractivity contribution in [3.63, 3.8) is 0 Å². The number of nitrogens with zero attached hydrogens (tertiary/aromatic N) is 15. The smallest absolute Gasteiger partial charge is 0.318 e. The van der Waals surface area contributed by atoms with E-state index in [0.29, 0.717) is 88.1 Å². The molecule has 8 aromatic rings. The predicted molar refractivity (Wildman–Crippen MR) is 534 cm³/mol. The number of likely N-dealkylation sites (tertiary alicyclic amines) is 6. The van der Waals surface area contributed by atoms with E-state index < -0.39 is 88.7 Å². The first-order valence-corrected chi connectivity index (χ1v) is 51.2. The first-order chi connectivity index (χ1) is 67.9. The minimum Gasteiger partial charge on any atom is -0.507 e. The minimum absolute atomic E-state index is 0.0413. The number of amides is 7. The summed E-state index contributed by atoms with van der Waals surface area (Å²) in [6.07, 6.45) is 22.3. The third kappa shape index (κ3) is 20.8. The zero-order chi connectivity index (χ0) is 98.5. The number of halogens is 1. The zero-order valence-electron chi connectivity index (χ0n) is 82.2. The van der Waals surface area contributed by atoms with Crippen LogP contribution in [0.4, 0.5) is 26.6 Å². The molecule has 1 spiro atoms. The SMILES string of the molecule is C#Cc1ccc([C@H](C)NC(=O)[C@@H]2C[C@@H](O)CN2C(=O)[C@@H](NC(=O)N2CCC(N3CCC(c4cnc(N5CCc6[nH]c7nnc(-c8ccccc8O)cc7c6[C@H]5C)nc4)CC3)CC2)C(C)(C)CCO)c(C#Cc2ccc(CNC(=O)[C@@H]3C[C@@H](O)CN3C(=O)[C@@H](NC(=O)C3CCC4(CC3)CC(N3CCC(N5CCC(N6CCN7c8cc(-c9ccccc9O)nnc8NC[C@H]7C6)CC5)CC3)C4)C(C)(C)C)c(F)c2)c1. The molecule has 4 aromatic carbocycles. The highest BCUT2D eigenvalue weighted by Crippen LogP contribution is 2.55. The molecule has 9 atom stereocenters. The summed E-state index contributed by atoms with van der Waals surface area (Å²) in [4.78, 5) is 121. The third-order valence-electron chi connectivity index (χ3n) is 33.2. The molecule has 19 rings (SSSR count). The molecule has 0 bridgehead atoms.